The van der Waals surface area contributed by atoms with E-state index in [1.807, 2.05) is 30.3 Å². The van der Waals surface area contributed by atoms with Gasteiger partial charge in [-0.1, -0.05) is 95.0 Å². The lowest BCUT2D eigenvalue weighted by Crippen LogP contribution is -2.41. The third kappa shape index (κ3) is 9.24. The molecular weight excluding hydrogens is 482 g/mol. The van der Waals surface area contributed by atoms with E-state index < -0.39 is 11.8 Å². The van der Waals surface area contributed by atoms with E-state index in [1.165, 1.54) is 52.7 Å². The Hall–Kier alpha value is -3.26. The predicted molar refractivity (Wildman–Crippen MR) is 152 cm³/mol. The van der Waals surface area contributed by atoms with Gasteiger partial charge in [0.15, 0.2) is 0 Å². The smallest absolute Gasteiger partial charge is 0.238 e. The normalized spacial score (nSPS) is 12.3. The number of anilines is 1. The van der Waals surface area contributed by atoms with Gasteiger partial charge in [-0.25, -0.2) is 5.84 Å². The SMILES string of the molecule is CCCCCCCCCCCC(C(=O)NN)C(C(=O)Nc1c(OC)cc(OC)cc1OC)c1ccccc1. The number of carbonyl (C=O) groups is 2. The third-order valence-electron chi connectivity index (χ3n) is 6.90. The number of nitrogens with two attached hydrogens (primary N) is 1. The Morgan fingerprint density at radius 3 is 1.84 bits per heavy atom. The fourth-order valence-electron chi connectivity index (χ4n) is 4.79. The Balaban J connectivity index is 2.23. The van der Waals surface area contributed by atoms with Crippen molar-refractivity contribution >= 4 is 17.5 Å². The van der Waals surface area contributed by atoms with Crippen LogP contribution in [0.3, 0.4) is 0 Å². The number of ether oxygens (including phenoxy) is 3. The molecule has 0 aliphatic carbocycles. The topological polar surface area (TPSA) is 112 Å². The summed E-state index contributed by atoms with van der Waals surface area (Å²) in [4.78, 5) is 26.8. The van der Waals surface area contributed by atoms with Gasteiger partial charge in [0.25, 0.3) is 0 Å². The predicted octanol–water partition coefficient (Wildman–Crippen LogP) is 5.96. The van der Waals surface area contributed by atoms with E-state index in [0.717, 1.165) is 24.8 Å². The molecule has 2 amide bonds. The first-order valence-electron chi connectivity index (χ1n) is 13.7. The minimum atomic E-state index is -0.759. The summed E-state index contributed by atoms with van der Waals surface area (Å²) in [5, 5.41) is 2.96. The van der Waals surface area contributed by atoms with Crippen LogP contribution in [0.25, 0.3) is 0 Å². The van der Waals surface area contributed by atoms with Gasteiger partial charge >= 0.3 is 0 Å². The molecule has 0 radical (unpaired) electrons. The largest absolute Gasteiger partial charge is 0.496 e. The Bertz CT molecular complexity index is 958. The van der Waals surface area contributed by atoms with E-state index in [9.17, 15) is 9.59 Å². The second kappa shape index (κ2) is 17.3. The van der Waals surface area contributed by atoms with E-state index in [2.05, 4.69) is 17.7 Å². The number of hydrogen-bond acceptors (Lipinski definition) is 6. The first-order chi connectivity index (χ1) is 18.5. The number of hydrogen-bond donors (Lipinski definition) is 3. The molecule has 0 bridgehead atoms. The molecule has 0 heterocycles. The lowest BCUT2D eigenvalue weighted by atomic mass is 9.81. The summed E-state index contributed by atoms with van der Waals surface area (Å²) in [7, 11) is 4.56. The molecule has 2 unspecified atom stereocenters. The molecule has 2 atom stereocenters. The monoisotopic (exact) mass is 527 g/mol. The van der Waals surface area contributed by atoms with Gasteiger partial charge in [-0.3, -0.25) is 15.0 Å². The zero-order valence-corrected chi connectivity index (χ0v) is 23.4. The maximum atomic E-state index is 13.9. The van der Waals surface area contributed by atoms with Crippen molar-refractivity contribution in [2.45, 2.75) is 77.0 Å². The van der Waals surface area contributed by atoms with Crippen molar-refractivity contribution in [2.75, 3.05) is 26.6 Å². The molecule has 4 N–H and O–H groups in total. The van der Waals surface area contributed by atoms with Crippen molar-refractivity contribution < 1.29 is 23.8 Å². The molecule has 8 nitrogen and oxygen atoms in total. The average Bonchev–Trinajstić information content (AvgIpc) is 2.95. The maximum absolute atomic E-state index is 13.9. The third-order valence-corrected chi connectivity index (χ3v) is 6.90. The van der Waals surface area contributed by atoms with Gasteiger partial charge in [-0.05, 0) is 12.0 Å². The molecule has 0 fully saturated rings. The Morgan fingerprint density at radius 1 is 0.789 bits per heavy atom. The summed E-state index contributed by atoms with van der Waals surface area (Å²) in [6, 6.07) is 12.7. The van der Waals surface area contributed by atoms with Crippen LogP contribution in [-0.4, -0.2) is 33.1 Å². The van der Waals surface area contributed by atoms with E-state index in [-0.39, 0.29) is 11.8 Å². The van der Waals surface area contributed by atoms with Crippen molar-refractivity contribution in [3.05, 3.63) is 48.0 Å². The van der Waals surface area contributed by atoms with Crippen LogP contribution in [0, 0.1) is 5.92 Å². The zero-order valence-electron chi connectivity index (χ0n) is 23.4. The zero-order chi connectivity index (χ0) is 27.8. The minimum absolute atomic E-state index is 0.345. The summed E-state index contributed by atoms with van der Waals surface area (Å²) in [6.45, 7) is 2.22. The summed E-state index contributed by atoms with van der Waals surface area (Å²) in [5.41, 5.74) is 3.40. The highest BCUT2D eigenvalue weighted by molar-refractivity contribution is 6.01. The fraction of sp³-hybridized carbons (Fsp3) is 0.533. The molecule has 0 aromatic heterocycles. The van der Waals surface area contributed by atoms with E-state index in [1.54, 1.807) is 19.2 Å². The number of unbranched alkanes of at least 4 members (excludes halogenated alkanes) is 8. The number of rotatable bonds is 18. The van der Waals surface area contributed by atoms with E-state index in [0.29, 0.717) is 29.4 Å². The van der Waals surface area contributed by atoms with E-state index >= 15 is 0 Å². The summed E-state index contributed by atoms with van der Waals surface area (Å²) in [5.74, 6) is 4.80. The van der Waals surface area contributed by atoms with Crippen LogP contribution in [-0.2, 0) is 9.59 Å². The molecule has 2 rings (SSSR count). The molecule has 0 saturated heterocycles. The van der Waals surface area contributed by atoms with Crippen molar-refractivity contribution in [3.8, 4) is 17.2 Å². The summed E-state index contributed by atoms with van der Waals surface area (Å²) < 4.78 is 16.3. The van der Waals surface area contributed by atoms with Crippen molar-refractivity contribution in [2.24, 2.45) is 11.8 Å². The first-order valence-corrected chi connectivity index (χ1v) is 13.7. The number of carbonyl (C=O) groups excluding carboxylic acids is 2. The molecule has 0 spiro atoms. The number of benzene rings is 2. The van der Waals surface area contributed by atoms with Gasteiger partial charge < -0.3 is 19.5 Å². The highest BCUT2D eigenvalue weighted by atomic mass is 16.5. The van der Waals surface area contributed by atoms with Crippen LogP contribution in [0.5, 0.6) is 17.2 Å². The van der Waals surface area contributed by atoms with Gasteiger partial charge in [0.2, 0.25) is 11.8 Å². The number of nitrogens with one attached hydrogen (secondary N) is 2. The van der Waals surface area contributed by atoms with E-state index in [4.69, 9.17) is 20.1 Å². The molecule has 0 aliphatic rings. The molecule has 2 aromatic carbocycles. The van der Waals surface area contributed by atoms with Crippen molar-refractivity contribution in [3.63, 3.8) is 0 Å². The fourth-order valence-corrected chi connectivity index (χ4v) is 4.79. The van der Waals surface area contributed by atoms with Crippen molar-refractivity contribution in [1.29, 1.82) is 0 Å². The minimum Gasteiger partial charge on any atom is -0.496 e. The number of methoxy groups -OCH3 is 3. The van der Waals surface area contributed by atoms with Crippen molar-refractivity contribution in [1.82, 2.24) is 5.43 Å². The molecule has 8 heteroatoms. The van der Waals surface area contributed by atoms with Gasteiger partial charge in [-0.15, -0.1) is 0 Å². The summed E-state index contributed by atoms with van der Waals surface area (Å²) >= 11 is 0. The highest BCUT2D eigenvalue weighted by Crippen LogP contribution is 2.40. The summed E-state index contributed by atoms with van der Waals surface area (Å²) in [6.07, 6.45) is 11.1. The van der Waals surface area contributed by atoms with Crippen LogP contribution in [0.4, 0.5) is 5.69 Å². The number of amides is 2. The Kier molecular flexibility index (Phi) is 14.1. The van der Waals surface area contributed by atoms with Crippen LogP contribution in [0.1, 0.15) is 82.6 Å². The molecule has 210 valence electrons. The average molecular weight is 528 g/mol. The van der Waals surface area contributed by atoms with Gasteiger partial charge in [0, 0.05) is 12.1 Å². The van der Waals surface area contributed by atoms with Gasteiger partial charge in [-0.2, -0.15) is 0 Å². The first kappa shape index (κ1) is 31.0. The van der Waals surface area contributed by atoms with Gasteiger partial charge in [0.1, 0.15) is 22.9 Å². The number of hydrazine groups is 1. The Labute approximate surface area is 227 Å². The molecule has 2 aromatic rings. The second-order valence-electron chi connectivity index (χ2n) is 9.52. The molecule has 0 saturated carbocycles. The second-order valence-corrected chi connectivity index (χ2v) is 9.52. The lowest BCUT2D eigenvalue weighted by Gasteiger charge is -2.26. The van der Waals surface area contributed by atoms with Crippen LogP contribution in [0.2, 0.25) is 0 Å². The quantitative estimate of drug-likeness (QED) is 0.0954. The Morgan fingerprint density at radius 2 is 1.34 bits per heavy atom. The van der Waals surface area contributed by atoms with Gasteiger partial charge in [0.05, 0.1) is 33.2 Å². The van der Waals surface area contributed by atoms with Crippen LogP contribution in [0.15, 0.2) is 42.5 Å². The standard InChI is InChI=1S/C30H45N3O5/c1-5-6-7-8-9-10-11-12-16-19-24(29(34)33-31)27(22-17-14-13-15-18-22)30(35)32-28-25(37-3)20-23(36-2)21-26(28)38-4/h13-15,17-18,20-21,24,27H,5-12,16,19,31H2,1-4H3,(H,32,35)(H,33,34). The molecule has 38 heavy (non-hydrogen) atoms. The van der Waals surface area contributed by atoms with Crippen LogP contribution < -0.4 is 30.8 Å². The van der Waals surface area contributed by atoms with Crippen LogP contribution >= 0.6 is 0 Å². The maximum Gasteiger partial charge on any atom is 0.238 e. The molecular formula is C30H45N3O5. The lowest BCUT2D eigenvalue weighted by molar-refractivity contribution is -0.130. The molecule has 0 aliphatic heterocycles. The highest BCUT2D eigenvalue weighted by Gasteiger charge is 2.35.